The predicted molar refractivity (Wildman–Crippen MR) is 180 cm³/mol. The molecule has 0 unspecified atom stereocenters. The smallest absolute Gasteiger partial charge is 0.0730 e. The largest absolute Gasteiger partial charge is 0.309 e. The van der Waals surface area contributed by atoms with E-state index in [2.05, 4.69) is 150 Å². The number of pyridine rings is 1. The van der Waals surface area contributed by atoms with Crippen molar-refractivity contribution in [1.82, 2.24) is 9.55 Å². The normalized spacial score (nSPS) is 11.8. The molecule has 0 fully saturated rings. The minimum absolute atomic E-state index is 0.964. The Bertz CT molecular complexity index is 2390. The fourth-order valence-corrected chi connectivity index (χ4v) is 7.66. The van der Waals surface area contributed by atoms with E-state index in [1.165, 1.54) is 52.8 Å². The van der Waals surface area contributed by atoms with E-state index in [1.807, 2.05) is 11.3 Å². The second-order valence-electron chi connectivity index (χ2n) is 10.8. The molecule has 0 spiro atoms. The van der Waals surface area contributed by atoms with Crippen molar-refractivity contribution in [3.05, 3.63) is 146 Å². The predicted octanol–water partition coefficient (Wildman–Crippen LogP) is 11.0. The lowest BCUT2D eigenvalue weighted by molar-refractivity contribution is 1.16. The molecular weight excluding hydrogens is 529 g/mol. The van der Waals surface area contributed by atoms with E-state index in [-0.39, 0.29) is 0 Å². The summed E-state index contributed by atoms with van der Waals surface area (Å²) in [5.74, 6) is 0. The van der Waals surface area contributed by atoms with Crippen LogP contribution in [-0.4, -0.2) is 9.55 Å². The summed E-state index contributed by atoms with van der Waals surface area (Å²) in [7, 11) is 0. The Hall–Kier alpha value is -5.25. The SMILES string of the molecule is c1ccc(-c2cc(-n3c4ccccc4c4cc5sc6c7ccccc7ccc6c5cc43)cc(-c3ccccc3)n2)cc1. The third-order valence-electron chi connectivity index (χ3n) is 8.36. The second kappa shape index (κ2) is 9.13. The molecule has 0 saturated heterocycles. The van der Waals surface area contributed by atoms with Gasteiger partial charge in [0, 0.05) is 42.1 Å². The van der Waals surface area contributed by atoms with E-state index in [4.69, 9.17) is 4.98 Å². The maximum Gasteiger partial charge on any atom is 0.0730 e. The molecule has 0 aliphatic rings. The minimum atomic E-state index is 0.964. The molecule has 2 nitrogen and oxygen atoms in total. The maximum absolute atomic E-state index is 5.14. The highest BCUT2D eigenvalue weighted by Gasteiger charge is 2.18. The maximum atomic E-state index is 5.14. The first-order valence-electron chi connectivity index (χ1n) is 14.2. The third-order valence-corrected chi connectivity index (χ3v) is 9.56. The van der Waals surface area contributed by atoms with Gasteiger partial charge in [-0.25, -0.2) is 4.98 Å². The Balaban J connectivity index is 1.39. The van der Waals surface area contributed by atoms with Crippen molar-refractivity contribution in [3.63, 3.8) is 0 Å². The highest BCUT2D eigenvalue weighted by Crippen LogP contribution is 2.43. The van der Waals surface area contributed by atoms with Crippen molar-refractivity contribution in [3.8, 4) is 28.2 Å². The number of hydrogen-bond donors (Lipinski definition) is 0. The molecule has 0 amide bonds. The van der Waals surface area contributed by atoms with Crippen molar-refractivity contribution in [2.45, 2.75) is 0 Å². The van der Waals surface area contributed by atoms with Crippen molar-refractivity contribution in [1.29, 1.82) is 0 Å². The summed E-state index contributed by atoms with van der Waals surface area (Å²) < 4.78 is 5.10. The van der Waals surface area contributed by atoms with Gasteiger partial charge in [0.15, 0.2) is 0 Å². The van der Waals surface area contributed by atoms with Crippen molar-refractivity contribution >= 4 is 64.1 Å². The molecule has 0 radical (unpaired) electrons. The summed E-state index contributed by atoms with van der Waals surface area (Å²) in [6.45, 7) is 0. The number of hydrogen-bond acceptors (Lipinski definition) is 2. The summed E-state index contributed by atoms with van der Waals surface area (Å²) in [5.41, 5.74) is 7.66. The van der Waals surface area contributed by atoms with Crippen LogP contribution in [0.25, 0.3) is 81.0 Å². The molecule has 3 heteroatoms. The molecule has 3 heterocycles. The van der Waals surface area contributed by atoms with Crippen LogP contribution in [0.4, 0.5) is 0 Å². The molecule has 3 aromatic heterocycles. The van der Waals surface area contributed by atoms with Crippen molar-refractivity contribution < 1.29 is 0 Å². The molecular formula is C39H24N2S. The van der Waals surface area contributed by atoms with E-state index in [9.17, 15) is 0 Å². The van der Waals surface area contributed by atoms with E-state index in [0.717, 1.165) is 28.2 Å². The molecule has 0 aliphatic carbocycles. The number of fused-ring (bicyclic) bond motifs is 8. The Kier molecular flexibility index (Phi) is 5.10. The average Bonchev–Trinajstić information content (AvgIpc) is 3.59. The van der Waals surface area contributed by atoms with Crippen LogP contribution in [0.1, 0.15) is 0 Å². The Labute approximate surface area is 246 Å². The molecule has 9 rings (SSSR count). The van der Waals surface area contributed by atoms with Gasteiger partial charge >= 0.3 is 0 Å². The van der Waals surface area contributed by atoms with Crippen LogP contribution in [0.2, 0.25) is 0 Å². The van der Waals surface area contributed by atoms with Gasteiger partial charge in [0.1, 0.15) is 0 Å². The van der Waals surface area contributed by atoms with Gasteiger partial charge in [0.25, 0.3) is 0 Å². The Morgan fingerprint density at radius 1 is 0.452 bits per heavy atom. The molecule has 0 aliphatic heterocycles. The molecule has 42 heavy (non-hydrogen) atoms. The summed E-state index contributed by atoms with van der Waals surface area (Å²) in [6, 6.07) is 52.3. The number of para-hydroxylation sites is 1. The van der Waals surface area contributed by atoms with Gasteiger partial charge in [-0.05, 0) is 41.1 Å². The van der Waals surface area contributed by atoms with Crippen LogP contribution < -0.4 is 0 Å². The first kappa shape index (κ1) is 23.5. The van der Waals surface area contributed by atoms with Gasteiger partial charge < -0.3 is 4.57 Å². The van der Waals surface area contributed by atoms with Crippen LogP contribution in [-0.2, 0) is 0 Å². The van der Waals surface area contributed by atoms with Gasteiger partial charge in [0.2, 0.25) is 0 Å². The molecule has 0 N–H and O–H groups in total. The van der Waals surface area contributed by atoms with Crippen LogP contribution in [0.15, 0.2) is 146 Å². The number of nitrogens with zero attached hydrogens (tertiary/aromatic N) is 2. The van der Waals surface area contributed by atoms with E-state index >= 15 is 0 Å². The fourth-order valence-electron chi connectivity index (χ4n) is 6.40. The van der Waals surface area contributed by atoms with Gasteiger partial charge in [-0.15, -0.1) is 11.3 Å². The number of rotatable bonds is 3. The first-order chi connectivity index (χ1) is 20.8. The zero-order chi connectivity index (χ0) is 27.6. The second-order valence-corrected chi connectivity index (χ2v) is 11.9. The zero-order valence-electron chi connectivity index (χ0n) is 22.7. The first-order valence-corrected chi connectivity index (χ1v) is 15.0. The van der Waals surface area contributed by atoms with Gasteiger partial charge in [-0.3, -0.25) is 0 Å². The van der Waals surface area contributed by atoms with Crippen LogP contribution in [0, 0.1) is 0 Å². The van der Waals surface area contributed by atoms with Crippen molar-refractivity contribution in [2.24, 2.45) is 0 Å². The highest BCUT2D eigenvalue weighted by atomic mass is 32.1. The average molecular weight is 553 g/mol. The molecule has 6 aromatic carbocycles. The number of benzene rings is 6. The summed E-state index contributed by atoms with van der Waals surface area (Å²) in [5, 5.41) is 7.76. The Morgan fingerprint density at radius 2 is 1.10 bits per heavy atom. The lowest BCUT2D eigenvalue weighted by Crippen LogP contribution is -1.98. The van der Waals surface area contributed by atoms with E-state index < -0.39 is 0 Å². The number of aromatic nitrogens is 2. The molecule has 9 aromatic rings. The fraction of sp³-hybridized carbons (Fsp3) is 0. The van der Waals surface area contributed by atoms with Gasteiger partial charge in [-0.1, -0.05) is 115 Å². The lowest BCUT2D eigenvalue weighted by atomic mass is 10.0. The summed E-state index contributed by atoms with van der Waals surface area (Å²) in [4.78, 5) is 5.14. The molecule has 0 bridgehead atoms. The lowest BCUT2D eigenvalue weighted by Gasteiger charge is -2.13. The Morgan fingerprint density at radius 3 is 1.83 bits per heavy atom. The molecule has 0 saturated carbocycles. The van der Waals surface area contributed by atoms with Gasteiger partial charge in [0.05, 0.1) is 28.1 Å². The standard InChI is InChI=1S/C39H24N2S/c1-3-12-26(13-4-1)34-21-28(22-35(40-34)27-14-5-2-6-15-27)41-36-18-10-9-17-30(36)32-24-38-33(23-37(32)41)31-20-19-25-11-7-8-16-29(25)39(31)42-38/h1-24H. The minimum Gasteiger partial charge on any atom is -0.309 e. The molecule has 196 valence electrons. The van der Waals surface area contributed by atoms with Crippen molar-refractivity contribution in [2.75, 3.05) is 0 Å². The van der Waals surface area contributed by atoms with E-state index in [1.54, 1.807) is 0 Å². The van der Waals surface area contributed by atoms with E-state index in [0.29, 0.717) is 0 Å². The topological polar surface area (TPSA) is 17.8 Å². The monoisotopic (exact) mass is 552 g/mol. The highest BCUT2D eigenvalue weighted by molar-refractivity contribution is 7.26. The van der Waals surface area contributed by atoms with Crippen LogP contribution >= 0.6 is 11.3 Å². The third kappa shape index (κ3) is 3.54. The molecule has 0 atom stereocenters. The van der Waals surface area contributed by atoms with Crippen LogP contribution in [0.5, 0.6) is 0 Å². The summed E-state index contributed by atoms with van der Waals surface area (Å²) >= 11 is 1.90. The quantitative estimate of drug-likeness (QED) is 0.213. The number of thiophene rings is 1. The summed E-state index contributed by atoms with van der Waals surface area (Å²) in [6.07, 6.45) is 0. The van der Waals surface area contributed by atoms with Gasteiger partial charge in [-0.2, -0.15) is 0 Å². The van der Waals surface area contributed by atoms with Crippen LogP contribution in [0.3, 0.4) is 0 Å². The zero-order valence-corrected chi connectivity index (χ0v) is 23.5.